The summed E-state index contributed by atoms with van der Waals surface area (Å²) in [4.78, 5) is 8.36. The first-order chi connectivity index (χ1) is 13.2. The fourth-order valence-electron chi connectivity index (χ4n) is 3.29. The molecule has 4 rings (SSSR count). The van der Waals surface area contributed by atoms with Crippen molar-refractivity contribution in [3.05, 3.63) is 54.1 Å². The number of benzene rings is 2. The molecule has 5 nitrogen and oxygen atoms in total. The van der Waals surface area contributed by atoms with Crippen LogP contribution in [0.15, 0.2) is 42.7 Å². The molecule has 144 valence electrons. The molecule has 0 aliphatic carbocycles. The maximum absolute atomic E-state index is 14.0. The first-order valence-corrected chi connectivity index (χ1v) is 9.31. The average molecular weight is 379 g/mol. The van der Waals surface area contributed by atoms with E-state index in [1.54, 1.807) is 12.1 Å². The highest BCUT2D eigenvalue weighted by Crippen LogP contribution is 2.37. The number of aromatic nitrogens is 2. The van der Waals surface area contributed by atoms with Crippen molar-refractivity contribution in [2.24, 2.45) is 0 Å². The molecule has 2 heterocycles. The number of anilines is 2. The van der Waals surface area contributed by atoms with Crippen molar-refractivity contribution in [3.8, 4) is 0 Å². The van der Waals surface area contributed by atoms with Gasteiger partial charge in [0.25, 0.3) is 0 Å². The highest BCUT2D eigenvalue weighted by Gasteiger charge is 2.52. The normalized spacial score (nSPS) is 17.9. The van der Waals surface area contributed by atoms with Crippen LogP contribution >= 0.6 is 0 Å². The molecule has 1 fully saturated rings. The van der Waals surface area contributed by atoms with Gasteiger partial charge >= 0.3 is 7.12 Å². The molecule has 1 N–H and O–H groups in total. The molecule has 0 atom stereocenters. The van der Waals surface area contributed by atoms with Gasteiger partial charge in [-0.3, -0.25) is 0 Å². The van der Waals surface area contributed by atoms with E-state index in [9.17, 15) is 4.39 Å². The van der Waals surface area contributed by atoms with Gasteiger partial charge in [0.15, 0.2) is 0 Å². The fourth-order valence-corrected chi connectivity index (χ4v) is 3.29. The van der Waals surface area contributed by atoms with Crippen LogP contribution in [0.25, 0.3) is 10.9 Å². The Morgan fingerprint density at radius 1 is 0.964 bits per heavy atom. The second-order valence-corrected chi connectivity index (χ2v) is 8.09. The molecule has 0 saturated carbocycles. The molecule has 28 heavy (non-hydrogen) atoms. The third-order valence-electron chi connectivity index (χ3n) is 5.75. The Kier molecular flexibility index (Phi) is 4.40. The number of para-hydroxylation sites is 1. The van der Waals surface area contributed by atoms with Crippen LogP contribution in [-0.2, 0) is 9.31 Å². The molecular weight excluding hydrogens is 356 g/mol. The maximum atomic E-state index is 14.0. The summed E-state index contributed by atoms with van der Waals surface area (Å²) < 4.78 is 26.4. The summed E-state index contributed by atoms with van der Waals surface area (Å²) in [5, 5.41) is 3.95. The SMILES string of the molecule is Cc1c(Nc2ncnc3c(F)cccc23)cccc1B1OC(C)(C)C(C)(C)O1. The van der Waals surface area contributed by atoms with Crippen LogP contribution < -0.4 is 10.8 Å². The lowest BCUT2D eigenvalue weighted by atomic mass is 9.76. The number of fused-ring (bicyclic) bond motifs is 1. The highest BCUT2D eigenvalue weighted by molar-refractivity contribution is 6.62. The lowest BCUT2D eigenvalue weighted by molar-refractivity contribution is 0.00578. The lowest BCUT2D eigenvalue weighted by Crippen LogP contribution is -2.41. The number of hydrogen-bond donors (Lipinski definition) is 1. The van der Waals surface area contributed by atoms with Crippen molar-refractivity contribution in [3.63, 3.8) is 0 Å². The zero-order valence-corrected chi connectivity index (χ0v) is 16.7. The Morgan fingerprint density at radius 2 is 1.64 bits per heavy atom. The van der Waals surface area contributed by atoms with Gasteiger partial charge in [0, 0.05) is 11.1 Å². The molecule has 0 bridgehead atoms. The summed E-state index contributed by atoms with van der Waals surface area (Å²) in [5.74, 6) is 0.185. The van der Waals surface area contributed by atoms with Gasteiger partial charge in [-0.25, -0.2) is 14.4 Å². The summed E-state index contributed by atoms with van der Waals surface area (Å²) in [6.45, 7) is 10.1. The Labute approximate surface area is 164 Å². The van der Waals surface area contributed by atoms with E-state index in [0.717, 1.165) is 16.7 Å². The van der Waals surface area contributed by atoms with Gasteiger partial charge in [-0.1, -0.05) is 18.2 Å². The summed E-state index contributed by atoms with van der Waals surface area (Å²) >= 11 is 0. The topological polar surface area (TPSA) is 56.3 Å². The zero-order valence-electron chi connectivity index (χ0n) is 16.7. The van der Waals surface area contributed by atoms with E-state index in [2.05, 4.69) is 15.3 Å². The summed E-state index contributed by atoms with van der Waals surface area (Å²) in [6, 6.07) is 10.7. The Hall–Kier alpha value is -2.51. The molecule has 1 aromatic heterocycles. The molecule has 3 aromatic rings. The lowest BCUT2D eigenvalue weighted by Gasteiger charge is -2.32. The molecule has 0 amide bonds. The van der Waals surface area contributed by atoms with Crippen molar-refractivity contribution < 1.29 is 13.7 Å². The number of hydrogen-bond acceptors (Lipinski definition) is 5. The molecule has 0 spiro atoms. The minimum Gasteiger partial charge on any atom is -0.399 e. The van der Waals surface area contributed by atoms with Gasteiger partial charge in [0.05, 0.1) is 11.2 Å². The standard InChI is InChI=1S/C21H23BFN3O2/c1-13-15(22-27-20(2,3)21(4,5)28-22)9-7-11-17(13)26-19-14-8-6-10-16(23)18(14)24-12-25-19/h6-12H,1-5H3,(H,24,25,26). The number of halogens is 1. The predicted octanol–water partition coefficient (Wildman–Crippen LogP) is 4.12. The van der Waals surface area contributed by atoms with Gasteiger partial charge in [-0.15, -0.1) is 0 Å². The van der Waals surface area contributed by atoms with E-state index < -0.39 is 18.3 Å². The van der Waals surface area contributed by atoms with Gasteiger partial charge in [0.2, 0.25) is 0 Å². The number of rotatable bonds is 3. The minimum atomic E-state index is -0.452. The number of nitrogens with zero attached hydrogens (tertiary/aromatic N) is 2. The monoisotopic (exact) mass is 379 g/mol. The van der Waals surface area contributed by atoms with E-state index in [1.807, 2.05) is 52.8 Å². The van der Waals surface area contributed by atoms with Gasteiger partial charge < -0.3 is 14.6 Å². The average Bonchev–Trinajstić information content (AvgIpc) is 2.85. The van der Waals surface area contributed by atoms with Crippen LogP contribution in [0.2, 0.25) is 0 Å². The van der Waals surface area contributed by atoms with Crippen molar-refractivity contribution in [1.82, 2.24) is 9.97 Å². The molecule has 1 aliphatic heterocycles. The minimum absolute atomic E-state index is 0.291. The maximum Gasteiger partial charge on any atom is 0.495 e. The van der Waals surface area contributed by atoms with Crippen LogP contribution in [0.4, 0.5) is 15.9 Å². The van der Waals surface area contributed by atoms with E-state index in [1.165, 1.54) is 12.4 Å². The highest BCUT2D eigenvalue weighted by atomic mass is 19.1. The Morgan fingerprint density at radius 3 is 2.36 bits per heavy atom. The first kappa shape index (κ1) is 18.8. The fraction of sp³-hybridized carbons (Fsp3) is 0.333. The van der Waals surface area contributed by atoms with E-state index in [4.69, 9.17) is 9.31 Å². The molecule has 1 saturated heterocycles. The zero-order chi connectivity index (χ0) is 20.1. The molecule has 7 heteroatoms. The van der Waals surface area contributed by atoms with Gasteiger partial charge in [0.1, 0.15) is 23.5 Å². The second kappa shape index (κ2) is 6.53. The summed E-state index contributed by atoms with van der Waals surface area (Å²) in [6.07, 6.45) is 1.36. The molecule has 0 unspecified atom stereocenters. The van der Waals surface area contributed by atoms with Crippen LogP contribution in [0.5, 0.6) is 0 Å². The van der Waals surface area contributed by atoms with Gasteiger partial charge in [-0.05, 0) is 63.8 Å². The molecular formula is C21H23BFN3O2. The molecule has 2 aromatic carbocycles. The third-order valence-corrected chi connectivity index (χ3v) is 5.75. The third kappa shape index (κ3) is 3.04. The second-order valence-electron chi connectivity index (χ2n) is 8.09. The summed E-state index contributed by atoms with van der Waals surface area (Å²) in [5.41, 5.74) is 2.27. The van der Waals surface area contributed by atoms with E-state index >= 15 is 0 Å². The largest absolute Gasteiger partial charge is 0.495 e. The van der Waals surface area contributed by atoms with Gasteiger partial charge in [-0.2, -0.15) is 0 Å². The Bertz CT molecular complexity index is 1040. The van der Waals surface area contributed by atoms with Crippen molar-refractivity contribution in [1.29, 1.82) is 0 Å². The van der Waals surface area contributed by atoms with Crippen LogP contribution in [0, 0.1) is 12.7 Å². The predicted molar refractivity (Wildman–Crippen MR) is 110 cm³/mol. The number of nitrogens with one attached hydrogen (secondary N) is 1. The van der Waals surface area contributed by atoms with Crippen molar-refractivity contribution in [2.45, 2.75) is 45.8 Å². The smallest absolute Gasteiger partial charge is 0.399 e. The Balaban J connectivity index is 1.70. The van der Waals surface area contributed by atoms with Crippen molar-refractivity contribution >= 4 is 35.0 Å². The summed E-state index contributed by atoms with van der Waals surface area (Å²) in [7, 11) is -0.452. The van der Waals surface area contributed by atoms with Crippen LogP contribution in [-0.4, -0.2) is 28.3 Å². The van der Waals surface area contributed by atoms with Crippen LogP contribution in [0.1, 0.15) is 33.3 Å². The first-order valence-electron chi connectivity index (χ1n) is 9.31. The molecule has 0 radical (unpaired) electrons. The molecule has 1 aliphatic rings. The van der Waals surface area contributed by atoms with Crippen LogP contribution in [0.3, 0.4) is 0 Å². The van der Waals surface area contributed by atoms with E-state index in [-0.39, 0.29) is 5.82 Å². The quantitative estimate of drug-likeness (QED) is 0.694. The van der Waals surface area contributed by atoms with Crippen molar-refractivity contribution in [2.75, 3.05) is 5.32 Å². The van der Waals surface area contributed by atoms with E-state index in [0.29, 0.717) is 16.7 Å².